The first-order chi connectivity index (χ1) is 9.85. The van der Waals surface area contributed by atoms with E-state index in [0.29, 0.717) is 12.2 Å². The molecule has 1 atom stereocenters. The van der Waals surface area contributed by atoms with Gasteiger partial charge in [0.1, 0.15) is 0 Å². The molecule has 1 aliphatic heterocycles. The Kier molecular flexibility index (Phi) is 4.84. The number of anilines is 1. The Morgan fingerprint density at radius 2 is 2.14 bits per heavy atom. The molecular formula is C14H19NO5S. The average Bonchev–Trinajstić information content (AvgIpc) is 2.37. The van der Waals surface area contributed by atoms with E-state index in [-0.39, 0.29) is 23.1 Å². The molecule has 0 aromatic heterocycles. The number of benzene rings is 1. The maximum atomic E-state index is 12.1. The second-order valence-electron chi connectivity index (χ2n) is 5.26. The van der Waals surface area contributed by atoms with Crippen molar-refractivity contribution in [1.82, 2.24) is 0 Å². The maximum absolute atomic E-state index is 12.1. The number of aromatic carboxylic acids is 1. The Balaban J connectivity index is 2.10. The first-order valence-electron chi connectivity index (χ1n) is 6.83. The predicted molar refractivity (Wildman–Crippen MR) is 79.1 cm³/mol. The molecule has 0 unspecified atom stereocenters. The fourth-order valence-electron chi connectivity index (χ4n) is 2.37. The molecular weight excluding hydrogens is 294 g/mol. The van der Waals surface area contributed by atoms with Crippen molar-refractivity contribution in [2.24, 2.45) is 0 Å². The molecule has 21 heavy (non-hydrogen) atoms. The van der Waals surface area contributed by atoms with Crippen LogP contribution in [-0.4, -0.2) is 38.0 Å². The van der Waals surface area contributed by atoms with E-state index in [4.69, 9.17) is 9.84 Å². The van der Waals surface area contributed by atoms with E-state index in [1.807, 2.05) is 0 Å². The molecule has 0 amide bonds. The number of carboxylic acid groups (broad SMARTS) is 1. The SMILES string of the molecule is Cc1cc(NS(=O)(=O)C[C@H]2CCCCO2)cc(C(=O)O)c1. The van der Waals surface area contributed by atoms with Crippen LogP contribution in [0.1, 0.15) is 35.2 Å². The number of ether oxygens (including phenoxy) is 1. The molecule has 116 valence electrons. The highest BCUT2D eigenvalue weighted by atomic mass is 32.2. The average molecular weight is 313 g/mol. The summed E-state index contributed by atoms with van der Waals surface area (Å²) in [4.78, 5) is 11.0. The van der Waals surface area contributed by atoms with Crippen molar-refractivity contribution in [3.8, 4) is 0 Å². The van der Waals surface area contributed by atoms with E-state index in [1.54, 1.807) is 13.0 Å². The second-order valence-corrected chi connectivity index (χ2v) is 7.03. The molecule has 2 rings (SSSR count). The van der Waals surface area contributed by atoms with Gasteiger partial charge < -0.3 is 9.84 Å². The summed E-state index contributed by atoms with van der Waals surface area (Å²) in [6.45, 7) is 2.31. The lowest BCUT2D eigenvalue weighted by Crippen LogP contribution is -2.30. The quantitative estimate of drug-likeness (QED) is 0.867. The Labute approximate surface area is 124 Å². The van der Waals surface area contributed by atoms with Gasteiger partial charge in [0, 0.05) is 12.3 Å². The second kappa shape index (κ2) is 6.44. The lowest BCUT2D eigenvalue weighted by molar-refractivity contribution is 0.0306. The van der Waals surface area contributed by atoms with Crippen LogP contribution in [0.5, 0.6) is 0 Å². The number of hydrogen-bond acceptors (Lipinski definition) is 4. The van der Waals surface area contributed by atoms with E-state index < -0.39 is 16.0 Å². The lowest BCUT2D eigenvalue weighted by Gasteiger charge is -2.22. The van der Waals surface area contributed by atoms with Crippen LogP contribution < -0.4 is 4.72 Å². The van der Waals surface area contributed by atoms with Crippen LogP contribution in [0.25, 0.3) is 0 Å². The van der Waals surface area contributed by atoms with Gasteiger partial charge in [0.05, 0.1) is 17.4 Å². The van der Waals surface area contributed by atoms with Crippen LogP contribution in [0.4, 0.5) is 5.69 Å². The zero-order chi connectivity index (χ0) is 15.5. The van der Waals surface area contributed by atoms with E-state index in [2.05, 4.69) is 4.72 Å². The van der Waals surface area contributed by atoms with Gasteiger partial charge in [0.15, 0.2) is 0 Å². The summed E-state index contributed by atoms with van der Waals surface area (Å²) in [6, 6.07) is 4.41. The van der Waals surface area contributed by atoms with E-state index >= 15 is 0 Å². The summed E-state index contributed by atoms with van der Waals surface area (Å²) < 4.78 is 32.1. The summed E-state index contributed by atoms with van der Waals surface area (Å²) in [5.41, 5.74) is 1.01. The molecule has 0 saturated carbocycles. The fourth-order valence-corrected chi connectivity index (χ4v) is 3.68. The molecule has 1 fully saturated rings. The van der Waals surface area contributed by atoms with Gasteiger partial charge in [0.2, 0.25) is 10.0 Å². The van der Waals surface area contributed by atoms with Crippen LogP contribution in [-0.2, 0) is 14.8 Å². The number of rotatable bonds is 5. The third-order valence-corrected chi connectivity index (χ3v) is 4.63. The fraction of sp³-hybridized carbons (Fsp3) is 0.500. The highest BCUT2D eigenvalue weighted by Gasteiger charge is 2.22. The Bertz CT molecular complexity index is 620. The third kappa shape index (κ3) is 4.71. The van der Waals surface area contributed by atoms with Crippen molar-refractivity contribution in [2.45, 2.75) is 32.3 Å². The predicted octanol–water partition coefficient (Wildman–Crippen LogP) is 2.00. The number of carboxylic acids is 1. The molecule has 1 aliphatic rings. The third-order valence-electron chi connectivity index (χ3n) is 3.28. The van der Waals surface area contributed by atoms with Crippen molar-refractivity contribution in [1.29, 1.82) is 0 Å². The van der Waals surface area contributed by atoms with Crippen molar-refractivity contribution < 1.29 is 23.1 Å². The van der Waals surface area contributed by atoms with Crippen LogP contribution in [0.3, 0.4) is 0 Å². The standard InChI is InChI=1S/C14H19NO5S/c1-10-6-11(14(16)17)8-12(7-10)15-21(18,19)9-13-4-2-3-5-20-13/h6-8,13,15H,2-5,9H2,1H3,(H,16,17)/t13-/m1/s1. The lowest BCUT2D eigenvalue weighted by atomic mass is 10.1. The summed E-state index contributed by atoms with van der Waals surface area (Å²) in [5, 5.41) is 9.00. The highest BCUT2D eigenvalue weighted by molar-refractivity contribution is 7.92. The minimum absolute atomic E-state index is 0.0571. The monoisotopic (exact) mass is 313 g/mol. The summed E-state index contributed by atoms with van der Waals surface area (Å²) in [7, 11) is -3.56. The minimum Gasteiger partial charge on any atom is -0.478 e. The minimum atomic E-state index is -3.56. The molecule has 6 nitrogen and oxygen atoms in total. The van der Waals surface area contributed by atoms with E-state index in [0.717, 1.165) is 19.3 Å². The molecule has 1 saturated heterocycles. The molecule has 1 aromatic carbocycles. The zero-order valence-electron chi connectivity index (χ0n) is 11.8. The molecule has 0 bridgehead atoms. The topological polar surface area (TPSA) is 92.7 Å². The van der Waals surface area contributed by atoms with Crippen LogP contribution in [0.2, 0.25) is 0 Å². The zero-order valence-corrected chi connectivity index (χ0v) is 12.6. The number of aryl methyl sites for hydroxylation is 1. The van der Waals surface area contributed by atoms with Crippen LogP contribution in [0, 0.1) is 6.92 Å². The first-order valence-corrected chi connectivity index (χ1v) is 8.48. The van der Waals surface area contributed by atoms with Crippen molar-refractivity contribution in [3.63, 3.8) is 0 Å². The molecule has 1 aromatic rings. The molecule has 0 aliphatic carbocycles. The number of hydrogen-bond donors (Lipinski definition) is 2. The van der Waals surface area contributed by atoms with Crippen molar-refractivity contribution in [2.75, 3.05) is 17.1 Å². The number of nitrogens with one attached hydrogen (secondary N) is 1. The van der Waals surface area contributed by atoms with E-state index in [9.17, 15) is 13.2 Å². The summed E-state index contributed by atoms with van der Waals surface area (Å²) in [5.74, 6) is -1.20. The first kappa shape index (κ1) is 15.8. The molecule has 0 spiro atoms. The van der Waals surface area contributed by atoms with Gasteiger partial charge in [-0.3, -0.25) is 4.72 Å². The van der Waals surface area contributed by atoms with Gasteiger partial charge >= 0.3 is 5.97 Å². The smallest absolute Gasteiger partial charge is 0.335 e. The van der Waals surface area contributed by atoms with Gasteiger partial charge in [0.25, 0.3) is 0 Å². The number of carbonyl (C=O) groups is 1. The van der Waals surface area contributed by atoms with Gasteiger partial charge in [-0.1, -0.05) is 0 Å². The van der Waals surface area contributed by atoms with Crippen molar-refractivity contribution >= 4 is 21.7 Å². The van der Waals surface area contributed by atoms with E-state index in [1.165, 1.54) is 12.1 Å². The molecule has 0 radical (unpaired) electrons. The molecule has 1 heterocycles. The van der Waals surface area contributed by atoms with Gasteiger partial charge in [-0.2, -0.15) is 0 Å². The van der Waals surface area contributed by atoms with Crippen LogP contribution >= 0.6 is 0 Å². The van der Waals surface area contributed by atoms with Gasteiger partial charge in [-0.15, -0.1) is 0 Å². The Morgan fingerprint density at radius 1 is 1.38 bits per heavy atom. The summed E-state index contributed by atoms with van der Waals surface area (Å²) in [6.07, 6.45) is 2.37. The Hall–Kier alpha value is -1.60. The largest absolute Gasteiger partial charge is 0.478 e. The summed E-state index contributed by atoms with van der Waals surface area (Å²) >= 11 is 0. The van der Waals surface area contributed by atoms with Gasteiger partial charge in [-0.05, 0) is 49.9 Å². The molecule has 2 N–H and O–H groups in total. The van der Waals surface area contributed by atoms with Gasteiger partial charge in [-0.25, -0.2) is 13.2 Å². The Morgan fingerprint density at radius 3 is 2.76 bits per heavy atom. The molecule has 7 heteroatoms. The van der Waals surface area contributed by atoms with Crippen molar-refractivity contribution in [3.05, 3.63) is 29.3 Å². The maximum Gasteiger partial charge on any atom is 0.335 e. The highest BCUT2D eigenvalue weighted by Crippen LogP contribution is 2.19. The normalized spacial score (nSPS) is 19.2. The van der Waals surface area contributed by atoms with Crippen LogP contribution in [0.15, 0.2) is 18.2 Å². The number of sulfonamides is 1.